The molecule has 0 radical (unpaired) electrons. The van der Waals surface area contributed by atoms with Crippen LogP contribution in [0.2, 0.25) is 0 Å². The summed E-state index contributed by atoms with van der Waals surface area (Å²) in [6.07, 6.45) is 1.83. The minimum Gasteiger partial charge on any atom is -0.308 e. The van der Waals surface area contributed by atoms with E-state index in [-0.39, 0.29) is 10.6 Å². The quantitative estimate of drug-likeness (QED) is 0.658. The van der Waals surface area contributed by atoms with Gasteiger partial charge in [-0.25, -0.2) is 0 Å². The average molecular weight is 260 g/mol. The summed E-state index contributed by atoms with van der Waals surface area (Å²) in [5.74, 6) is 0. The molecule has 0 aliphatic carbocycles. The fourth-order valence-corrected chi connectivity index (χ4v) is 1.84. The minimum absolute atomic E-state index is 0.122. The summed E-state index contributed by atoms with van der Waals surface area (Å²) >= 11 is 0. The first-order valence-electron chi connectivity index (χ1n) is 5.99. The Balaban J connectivity index is 1.94. The summed E-state index contributed by atoms with van der Waals surface area (Å²) < 4.78 is 1.82. The monoisotopic (exact) mass is 260 g/mol. The van der Waals surface area contributed by atoms with E-state index in [1.807, 2.05) is 30.9 Å². The van der Waals surface area contributed by atoms with E-state index in [4.69, 9.17) is 0 Å². The zero-order valence-corrected chi connectivity index (χ0v) is 11.0. The predicted molar refractivity (Wildman–Crippen MR) is 71.6 cm³/mol. The molecule has 0 unspecified atom stereocenters. The molecule has 19 heavy (non-hydrogen) atoms. The van der Waals surface area contributed by atoms with Crippen LogP contribution in [0.4, 0.5) is 5.69 Å². The highest BCUT2D eigenvalue weighted by Crippen LogP contribution is 2.13. The van der Waals surface area contributed by atoms with Crippen molar-refractivity contribution in [2.45, 2.75) is 20.0 Å². The van der Waals surface area contributed by atoms with Crippen LogP contribution in [0, 0.1) is 17.0 Å². The molecule has 1 N–H and O–H groups in total. The van der Waals surface area contributed by atoms with Gasteiger partial charge in [0.05, 0.1) is 11.1 Å². The van der Waals surface area contributed by atoms with Crippen molar-refractivity contribution < 1.29 is 4.92 Å². The largest absolute Gasteiger partial charge is 0.308 e. The molecule has 2 aromatic rings. The molecule has 0 fully saturated rings. The van der Waals surface area contributed by atoms with Crippen molar-refractivity contribution in [3.63, 3.8) is 0 Å². The predicted octanol–water partition coefficient (Wildman–Crippen LogP) is 1.93. The number of benzene rings is 1. The third kappa shape index (κ3) is 3.17. The van der Waals surface area contributed by atoms with Gasteiger partial charge >= 0.3 is 0 Å². The van der Waals surface area contributed by atoms with Crippen molar-refractivity contribution in [1.29, 1.82) is 0 Å². The van der Waals surface area contributed by atoms with E-state index in [0.29, 0.717) is 13.1 Å². The van der Waals surface area contributed by atoms with Gasteiger partial charge < -0.3 is 5.32 Å². The number of rotatable bonds is 5. The Morgan fingerprint density at radius 3 is 2.84 bits per heavy atom. The lowest BCUT2D eigenvalue weighted by atomic mass is 10.2. The number of aromatic nitrogens is 2. The third-order valence-electron chi connectivity index (χ3n) is 3.10. The molecular weight excluding hydrogens is 244 g/mol. The molecule has 0 atom stereocenters. The second-order valence-electron chi connectivity index (χ2n) is 4.41. The number of hydrogen-bond donors (Lipinski definition) is 1. The SMILES string of the molecule is Cc1c(CNCc2cccc([N+](=O)[O-])c2)cnn1C. The van der Waals surface area contributed by atoms with E-state index >= 15 is 0 Å². The van der Waals surface area contributed by atoms with E-state index in [9.17, 15) is 10.1 Å². The molecular formula is C13H16N4O2. The summed E-state index contributed by atoms with van der Waals surface area (Å²) in [5.41, 5.74) is 3.27. The van der Waals surface area contributed by atoms with Crippen molar-refractivity contribution in [3.8, 4) is 0 Å². The normalized spacial score (nSPS) is 10.6. The first kappa shape index (κ1) is 13.2. The van der Waals surface area contributed by atoms with Gasteiger partial charge in [0.2, 0.25) is 0 Å². The van der Waals surface area contributed by atoms with Gasteiger partial charge in [0.15, 0.2) is 0 Å². The van der Waals surface area contributed by atoms with Gasteiger partial charge in [-0.1, -0.05) is 12.1 Å². The summed E-state index contributed by atoms with van der Waals surface area (Å²) in [7, 11) is 1.90. The lowest BCUT2D eigenvalue weighted by Crippen LogP contribution is -2.13. The molecule has 1 aromatic heterocycles. The van der Waals surface area contributed by atoms with Crippen LogP contribution < -0.4 is 5.32 Å². The van der Waals surface area contributed by atoms with Crippen LogP contribution >= 0.6 is 0 Å². The molecule has 0 spiro atoms. The molecule has 0 aliphatic rings. The Morgan fingerprint density at radius 1 is 1.42 bits per heavy atom. The molecule has 6 nitrogen and oxygen atoms in total. The molecule has 0 saturated heterocycles. The molecule has 0 aliphatic heterocycles. The zero-order chi connectivity index (χ0) is 13.8. The number of nitrogens with zero attached hydrogens (tertiary/aromatic N) is 3. The van der Waals surface area contributed by atoms with Gasteiger partial charge in [0, 0.05) is 43.5 Å². The van der Waals surface area contributed by atoms with Crippen LogP contribution in [0.5, 0.6) is 0 Å². The van der Waals surface area contributed by atoms with Crippen molar-refractivity contribution in [2.24, 2.45) is 7.05 Å². The van der Waals surface area contributed by atoms with Crippen molar-refractivity contribution >= 4 is 5.69 Å². The molecule has 2 rings (SSSR count). The van der Waals surface area contributed by atoms with Crippen LogP contribution in [0.3, 0.4) is 0 Å². The fourth-order valence-electron chi connectivity index (χ4n) is 1.84. The maximum absolute atomic E-state index is 10.7. The van der Waals surface area contributed by atoms with Gasteiger partial charge in [-0.15, -0.1) is 0 Å². The molecule has 0 saturated carbocycles. The van der Waals surface area contributed by atoms with Gasteiger partial charge in [-0.05, 0) is 12.5 Å². The van der Waals surface area contributed by atoms with Crippen LogP contribution in [0.15, 0.2) is 30.5 Å². The molecule has 0 bridgehead atoms. The molecule has 100 valence electrons. The Bertz CT molecular complexity index is 592. The van der Waals surface area contributed by atoms with Crippen molar-refractivity contribution in [1.82, 2.24) is 15.1 Å². The summed E-state index contributed by atoms with van der Waals surface area (Å²) in [4.78, 5) is 10.3. The highest BCUT2D eigenvalue weighted by Gasteiger charge is 2.06. The Morgan fingerprint density at radius 2 is 2.21 bits per heavy atom. The second kappa shape index (κ2) is 5.62. The number of nitrogens with one attached hydrogen (secondary N) is 1. The number of nitro groups is 1. The smallest absolute Gasteiger partial charge is 0.269 e. The highest BCUT2D eigenvalue weighted by molar-refractivity contribution is 5.34. The van der Waals surface area contributed by atoms with Crippen molar-refractivity contribution in [3.05, 3.63) is 57.4 Å². The first-order valence-corrected chi connectivity index (χ1v) is 5.99. The fraction of sp³-hybridized carbons (Fsp3) is 0.308. The summed E-state index contributed by atoms with van der Waals surface area (Å²) in [5, 5.41) is 18.1. The lowest BCUT2D eigenvalue weighted by Gasteiger charge is -2.04. The minimum atomic E-state index is -0.380. The second-order valence-corrected chi connectivity index (χ2v) is 4.41. The van der Waals surface area contributed by atoms with E-state index < -0.39 is 0 Å². The van der Waals surface area contributed by atoms with E-state index in [1.54, 1.807) is 12.1 Å². The van der Waals surface area contributed by atoms with Crippen molar-refractivity contribution in [2.75, 3.05) is 0 Å². The lowest BCUT2D eigenvalue weighted by molar-refractivity contribution is -0.384. The van der Waals surface area contributed by atoms with Gasteiger partial charge in [0.1, 0.15) is 0 Å². The Kier molecular flexibility index (Phi) is 3.91. The van der Waals surface area contributed by atoms with Crippen LogP contribution in [0.25, 0.3) is 0 Å². The maximum atomic E-state index is 10.7. The van der Waals surface area contributed by atoms with Crippen LogP contribution in [0.1, 0.15) is 16.8 Å². The van der Waals surface area contributed by atoms with E-state index in [1.165, 1.54) is 6.07 Å². The first-order chi connectivity index (χ1) is 9.08. The van der Waals surface area contributed by atoms with Gasteiger partial charge in [0.25, 0.3) is 5.69 Å². The van der Waals surface area contributed by atoms with E-state index in [2.05, 4.69) is 10.4 Å². The van der Waals surface area contributed by atoms with E-state index in [0.717, 1.165) is 16.8 Å². The van der Waals surface area contributed by atoms with Crippen LogP contribution in [-0.4, -0.2) is 14.7 Å². The number of hydrogen-bond acceptors (Lipinski definition) is 4. The van der Waals surface area contributed by atoms with Gasteiger partial charge in [-0.2, -0.15) is 5.10 Å². The Hall–Kier alpha value is -2.21. The summed E-state index contributed by atoms with van der Waals surface area (Å²) in [6, 6.07) is 6.65. The van der Waals surface area contributed by atoms with Gasteiger partial charge in [-0.3, -0.25) is 14.8 Å². The number of aryl methyl sites for hydroxylation is 1. The molecule has 1 heterocycles. The molecule has 0 amide bonds. The Labute approximate surface area is 111 Å². The number of nitro benzene ring substituents is 1. The number of non-ortho nitro benzene ring substituents is 1. The highest BCUT2D eigenvalue weighted by atomic mass is 16.6. The standard InChI is InChI=1S/C13H16N4O2/c1-10-12(9-15-16(10)2)8-14-7-11-4-3-5-13(6-11)17(18)19/h3-6,9,14H,7-8H2,1-2H3. The maximum Gasteiger partial charge on any atom is 0.269 e. The molecule has 6 heteroatoms. The molecule has 1 aromatic carbocycles. The average Bonchev–Trinajstić information content (AvgIpc) is 2.71. The van der Waals surface area contributed by atoms with Crippen LogP contribution in [-0.2, 0) is 20.1 Å². The third-order valence-corrected chi connectivity index (χ3v) is 3.10. The topological polar surface area (TPSA) is 73.0 Å². The zero-order valence-electron chi connectivity index (χ0n) is 11.0. The summed E-state index contributed by atoms with van der Waals surface area (Å²) in [6.45, 7) is 3.30.